The van der Waals surface area contributed by atoms with Crippen molar-refractivity contribution in [3.05, 3.63) is 16.3 Å². The minimum absolute atomic E-state index is 0.293. The predicted octanol–water partition coefficient (Wildman–Crippen LogP) is 0.853. The summed E-state index contributed by atoms with van der Waals surface area (Å²) in [6.45, 7) is 0.598. The van der Waals surface area contributed by atoms with Gasteiger partial charge in [0, 0.05) is 0 Å². The quantitative estimate of drug-likeness (QED) is 0.632. The first-order chi connectivity index (χ1) is 5.33. The molecule has 0 fully saturated rings. The number of nitrogens with zero attached hydrogens (tertiary/aromatic N) is 1. The van der Waals surface area contributed by atoms with Crippen LogP contribution in [0.25, 0.3) is 0 Å². The van der Waals surface area contributed by atoms with Crippen molar-refractivity contribution in [1.82, 2.24) is 10.3 Å². The second-order valence-electron chi connectivity index (χ2n) is 1.80. The first-order valence-corrected chi connectivity index (χ1v) is 3.89. The normalized spacial score (nSPS) is 8.91. The summed E-state index contributed by atoms with van der Waals surface area (Å²) in [5.74, 6) is 5.51. The van der Waals surface area contributed by atoms with Crippen molar-refractivity contribution >= 4 is 11.3 Å². The summed E-state index contributed by atoms with van der Waals surface area (Å²) in [4.78, 5) is 3.73. The van der Waals surface area contributed by atoms with E-state index in [2.05, 4.69) is 22.1 Å². The average molecular weight is 170 g/mol. The molecule has 0 saturated carbocycles. The van der Waals surface area contributed by atoms with E-state index in [1.807, 2.05) is 0 Å². The molecule has 0 atom stereocenters. The van der Waals surface area contributed by atoms with Gasteiger partial charge in [0.25, 0.3) is 0 Å². The van der Waals surface area contributed by atoms with E-state index in [1.54, 1.807) is 7.05 Å². The van der Waals surface area contributed by atoms with E-state index in [4.69, 9.17) is 0 Å². The number of aromatic nitrogens is 1. The molecule has 1 heterocycles. The number of hydrogen-bond donors (Lipinski definition) is 1. The fraction of sp³-hybridized carbons (Fsp3) is 0.286. The second kappa shape index (κ2) is 4.06. The molecule has 2 nitrogen and oxygen atoms in total. The number of halogens is 1. The Bertz CT molecular complexity index is 284. The van der Waals surface area contributed by atoms with Crippen LogP contribution in [0.15, 0.2) is 6.20 Å². The van der Waals surface area contributed by atoms with Crippen LogP contribution < -0.4 is 5.32 Å². The third-order valence-corrected chi connectivity index (χ3v) is 1.64. The molecule has 0 spiro atoms. The van der Waals surface area contributed by atoms with Crippen molar-refractivity contribution in [3.63, 3.8) is 0 Å². The lowest BCUT2D eigenvalue weighted by atomic mass is 10.6. The zero-order valence-corrected chi connectivity index (χ0v) is 6.83. The fourth-order valence-electron chi connectivity index (χ4n) is 0.520. The van der Waals surface area contributed by atoms with Gasteiger partial charge in [0.1, 0.15) is 0 Å². The lowest BCUT2D eigenvalue weighted by Gasteiger charge is -1.80. The van der Waals surface area contributed by atoms with Gasteiger partial charge < -0.3 is 5.32 Å². The maximum atomic E-state index is 12.3. The van der Waals surface area contributed by atoms with Crippen LogP contribution in [0.2, 0.25) is 0 Å². The van der Waals surface area contributed by atoms with Gasteiger partial charge in [-0.25, -0.2) is 4.98 Å². The van der Waals surface area contributed by atoms with Gasteiger partial charge in [-0.05, 0) is 13.0 Å². The Morgan fingerprint density at radius 2 is 2.64 bits per heavy atom. The van der Waals surface area contributed by atoms with Gasteiger partial charge in [0.2, 0.25) is 0 Å². The highest BCUT2D eigenvalue weighted by Gasteiger charge is 1.94. The summed E-state index contributed by atoms with van der Waals surface area (Å²) in [7, 11) is 1.80. The molecule has 0 unspecified atom stereocenters. The monoisotopic (exact) mass is 170 g/mol. The van der Waals surface area contributed by atoms with Gasteiger partial charge in [-0.2, -0.15) is 4.39 Å². The van der Waals surface area contributed by atoms with Crippen LogP contribution in [0.4, 0.5) is 4.39 Å². The molecule has 0 aromatic carbocycles. The van der Waals surface area contributed by atoms with Crippen LogP contribution in [-0.2, 0) is 0 Å². The van der Waals surface area contributed by atoms with E-state index >= 15 is 0 Å². The Hall–Kier alpha value is -0.920. The molecule has 0 aliphatic carbocycles. The van der Waals surface area contributed by atoms with Crippen molar-refractivity contribution in [2.45, 2.75) is 0 Å². The number of rotatable bonds is 1. The maximum Gasteiger partial charge on any atom is 0.197 e. The molecule has 0 aliphatic heterocycles. The molecule has 4 heteroatoms. The highest BCUT2D eigenvalue weighted by molar-refractivity contribution is 7.10. The zero-order valence-electron chi connectivity index (χ0n) is 6.02. The van der Waals surface area contributed by atoms with E-state index in [0.717, 1.165) is 11.3 Å². The molecular weight excluding hydrogens is 163 g/mol. The van der Waals surface area contributed by atoms with Crippen LogP contribution in [0.5, 0.6) is 0 Å². The molecule has 0 bridgehead atoms. The van der Waals surface area contributed by atoms with Crippen LogP contribution in [0.3, 0.4) is 0 Å². The summed E-state index contributed by atoms with van der Waals surface area (Å²) >= 11 is 0.959. The fourth-order valence-corrected chi connectivity index (χ4v) is 1.04. The summed E-state index contributed by atoms with van der Waals surface area (Å²) in [6, 6.07) is 0. The molecule has 1 aromatic heterocycles. The standard InChI is InChI=1S/C7H7FN2S/c1-9-4-2-3-7-10-5-6(8)11-7/h5,9H,4H2,1H3. The molecule has 1 rings (SSSR count). The summed E-state index contributed by atoms with van der Waals surface area (Å²) in [5, 5.41) is 3.09. The Labute approximate surface area is 68.5 Å². The van der Waals surface area contributed by atoms with Gasteiger partial charge in [0.15, 0.2) is 10.1 Å². The van der Waals surface area contributed by atoms with Gasteiger partial charge in [0.05, 0.1) is 12.7 Å². The second-order valence-corrected chi connectivity index (χ2v) is 2.78. The first-order valence-electron chi connectivity index (χ1n) is 3.07. The van der Waals surface area contributed by atoms with Gasteiger partial charge in [-0.15, -0.1) is 0 Å². The van der Waals surface area contributed by atoms with Crippen molar-refractivity contribution in [1.29, 1.82) is 0 Å². The smallest absolute Gasteiger partial charge is 0.197 e. The largest absolute Gasteiger partial charge is 0.309 e. The van der Waals surface area contributed by atoms with Crippen LogP contribution >= 0.6 is 11.3 Å². The highest BCUT2D eigenvalue weighted by Crippen LogP contribution is 2.07. The van der Waals surface area contributed by atoms with Gasteiger partial charge >= 0.3 is 0 Å². The van der Waals surface area contributed by atoms with E-state index in [9.17, 15) is 4.39 Å². The maximum absolute atomic E-state index is 12.3. The van der Waals surface area contributed by atoms with Crippen molar-refractivity contribution in [2.24, 2.45) is 0 Å². The molecule has 1 aromatic rings. The van der Waals surface area contributed by atoms with Crippen LogP contribution in [0, 0.1) is 17.0 Å². The Morgan fingerprint density at radius 3 is 3.18 bits per heavy atom. The van der Waals surface area contributed by atoms with Gasteiger partial charge in [-0.1, -0.05) is 17.3 Å². The SMILES string of the molecule is CNCC#Cc1ncc(F)s1. The minimum Gasteiger partial charge on any atom is -0.309 e. The number of thiazole rings is 1. The molecule has 1 N–H and O–H groups in total. The van der Waals surface area contributed by atoms with Crippen LogP contribution in [-0.4, -0.2) is 18.6 Å². The minimum atomic E-state index is -0.293. The molecule has 0 amide bonds. The molecular formula is C7H7FN2S. The van der Waals surface area contributed by atoms with E-state index in [1.165, 1.54) is 6.20 Å². The van der Waals surface area contributed by atoms with E-state index in [0.29, 0.717) is 11.6 Å². The van der Waals surface area contributed by atoms with Crippen molar-refractivity contribution < 1.29 is 4.39 Å². The van der Waals surface area contributed by atoms with Crippen molar-refractivity contribution in [2.75, 3.05) is 13.6 Å². The summed E-state index contributed by atoms with van der Waals surface area (Å²) < 4.78 is 12.3. The zero-order chi connectivity index (χ0) is 8.10. The third kappa shape index (κ3) is 2.66. The topological polar surface area (TPSA) is 24.9 Å². The number of hydrogen-bond acceptors (Lipinski definition) is 3. The molecule has 0 saturated heterocycles. The molecule has 0 aliphatic rings. The lowest BCUT2D eigenvalue weighted by molar-refractivity contribution is 0.653. The highest BCUT2D eigenvalue weighted by atomic mass is 32.1. The molecule has 58 valence electrons. The summed E-state index contributed by atoms with van der Waals surface area (Å²) in [5.41, 5.74) is 0. The Balaban J connectivity index is 2.59. The van der Waals surface area contributed by atoms with Gasteiger partial charge in [-0.3, -0.25) is 0 Å². The molecule has 0 radical (unpaired) electrons. The Morgan fingerprint density at radius 1 is 1.82 bits per heavy atom. The Kier molecular flexibility index (Phi) is 3.02. The van der Waals surface area contributed by atoms with Crippen molar-refractivity contribution in [3.8, 4) is 11.8 Å². The molecule has 11 heavy (non-hydrogen) atoms. The summed E-state index contributed by atoms with van der Waals surface area (Å²) in [6.07, 6.45) is 1.17. The van der Waals surface area contributed by atoms with E-state index < -0.39 is 0 Å². The average Bonchev–Trinajstić information content (AvgIpc) is 2.37. The van der Waals surface area contributed by atoms with E-state index in [-0.39, 0.29) is 5.13 Å². The predicted molar refractivity (Wildman–Crippen MR) is 42.9 cm³/mol. The lowest BCUT2D eigenvalue weighted by Crippen LogP contribution is -2.04. The third-order valence-electron chi connectivity index (χ3n) is 0.938. The first kappa shape index (κ1) is 8.18. The van der Waals surface area contributed by atoms with Crippen LogP contribution in [0.1, 0.15) is 5.01 Å². The number of nitrogens with one attached hydrogen (secondary N) is 1.